The summed E-state index contributed by atoms with van der Waals surface area (Å²) in [5.74, 6) is -3.21. The van der Waals surface area contributed by atoms with Gasteiger partial charge in [-0.15, -0.1) is 0 Å². The van der Waals surface area contributed by atoms with E-state index in [1.807, 2.05) is 26.8 Å². The van der Waals surface area contributed by atoms with Crippen LogP contribution < -0.4 is 0 Å². The van der Waals surface area contributed by atoms with Crippen LogP contribution >= 0.6 is 0 Å². The minimum atomic E-state index is -1.70. The Morgan fingerprint density at radius 3 is 2.23 bits per heavy atom. The summed E-state index contributed by atoms with van der Waals surface area (Å²) in [4.78, 5) is 66.6. The molecule has 2 bridgehead atoms. The highest BCUT2D eigenvalue weighted by atomic mass is 16.6. The van der Waals surface area contributed by atoms with E-state index in [1.54, 1.807) is 20.8 Å². The molecule has 0 spiro atoms. The van der Waals surface area contributed by atoms with Gasteiger partial charge in [0.25, 0.3) is 0 Å². The molecule has 0 unspecified atom stereocenters. The Kier molecular flexibility index (Phi) is 5.69. The zero-order valence-electron chi connectivity index (χ0n) is 24.2. The number of carbonyl (C=O) groups excluding carboxylic acids is 5. The third kappa shape index (κ3) is 2.84. The molecule has 39 heavy (non-hydrogen) atoms. The van der Waals surface area contributed by atoms with Gasteiger partial charge in [-0.3, -0.25) is 24.0 Å². The summed E-state index contributed by atoms with van der Waals surface area (Å²) in [5.41, 5.74) is -5.02. The van der Waals surface area contributed by atoms with Gasteiger partial charge in [-0.05, 0) is 40.0 Å². The highest BCUT2D eigenvalue weighted by molar-refractivity contribution is 6.12. The maximum Gasteiger partial charge on any atom is 0.321 e. The average molecular weight is 543 g/mol. The number of hydrogen-bond donors (Lipinski definition) is 0. The number of ketones is 1. The maximum atomic E-state index is 14.2. The molecule has 0 radical (unpaired) electrons. The maximum absolute atomic E-state index is 14.2. The molecule has 0 amide bonds. The molecular weight excluding hydrogens is 504 g/mol. The fourth-order valence-corrected chi connectivity index (χ4v) is 9.85. The zero-order valence-corrected chi connectivity index (χ0v) is 24.2. The van der Waals surface area contributed by atoms with Gasteiger partial charge in [-0.1, -0.05) is 32.4 Å². The SMILES string of the molecule is COC(=O)[C@@]12C(OC(C)=O)=C(C)C(=O)[C@]1(C)C(C)=C[C@H]1[C@]34CC[C@H](OC(C)=O)C(C)(C)[C@H]3[C@H](C[C@@]12C)OC4=O. The van der Waals surface area contributed by atoms with Crippen LogP contribution in [-0.2, 0) is 42.9 Å². The first-order valence-electron chi connectivity index (χ1n) is 13.6. The van der Waals surface area contributed by atoms with Crippen molar-refractivity contribution < 1.29 is 42.9 Å². The van der Waals surface area contributed by atoms with E-state index >= 15 is 0 Å². The largest absolute Gasteiger partial charge is 0.468 e. The Labute approximate surface area is 228 Å². The van der Waals surface area contributed by atoms with Crippen LogP contribution in [0, 0.1) is 38.9 Å². The monoisotopic (exact) mass is 542 g/mol. The molecule has 0 aromatic carbocycles. The van der Waals surface area contributed by atoms with Crippen LogP contribution in [-0.4, -0.2) is 49.0 Å². The molecule has 1 saturated heterocycles. The average Bonchev–Trinajstić information content (AvgIpc) is 3.17. The molecule has 9 nitrogen and oxygen atoms in total. The van der Waals surface area contributed by atoms with Gasteiger partial charge < -0.3 is 18.9 Å². The number of carbonyl (C=O) groups is 5. The number of allylic oxidation sites excluding steroid dienone is 3. The fourth-order valence-electron chi connectivity index (χ4n) is 9.85. The van der Waals surface area contributed by atoms with Crippen LogP contribution in [0.2, 0.25) is 0 Å². The van der Waals surface area contributed by atoms with Crippen molar-refractivity contribution in [3.8, 4) is 0 Å². The molecule has 8 atom stereocenters. The summed E-state index contributed by atoms with van der Waals surface area (Å²) in [5, 5.41) is 0. The van der Waals surface area contributed by atoms with E-state index in [2.05, 4.69) is 0 Å². The molecule has 5 rings (SSSR count). The predicted molar refractivity (Wildman–Crippen MR) is 136 cm³/mol. The molecule has 1 heterocycles. The second-order valence-electron chi connectivity index (χ2n) is 13.1. The summed E-state index contributed by atoms with van der Waals surface area (Å²) in [7, 11) is 1.26. The number of fused-ring (bicyclic) bond motifs is 3. The van der Waals surface area contributed by atoms with Crippen LogP contribution in [0.15, 0.2) is 23.0 Å². The zero-order chi connectivity index (χ0) is 29.1. The van der Waals surface area contributed by atoms with E-state index in [1.165, 1.54) is 21.0 Å². The quantitative estimate of drug-likeness (QED) is 0.297. The molecule has 212 valence electrons. The second kappa shape index (κ2) is 8.04. The summed E-state index contributed by atoms with van der Waals surface area (Å²) in [6.07, 6.45) is 2.02. The van der Waals surface area contributed by atoms with Crippen molar-refractivity contribution in [1.82, 2.24) is 0 Å². The van der Waals surface area contributed by atoms with Gasteiger partial charge in [0, 0.05) is 42.1 Å². The van der Waals surface area contributed by atoms with Crippen molar-refractivity contribution in [1.29, 1.82) is 0 Å². The predicted octanol–water partition coefficient (Wildman–Crippen LogP) is 3.84. The van der Waals surface area contributed by atoms with Crippen LogP contribution in [0.3, 0.4) is 0 Å². The van der Waals surface area contributed by atoms with Gasteiger partial charge in [-0.2, -0.15) is 0 Å². The van der Waals surface area contributed by atoms with Gasteiger partial charge in [0.05, 0.1) is 17.9 Å². The first-order chi connectivity index (χ1) is 18.0. The Hall–Kier alpha value is -2.97. The Morgan fingerprint density at radius 1 is 1.03 bits per heavy atom. The molecule has 9 heteroatoms. The highest BCUT2D eigenvalue weighted by Crippen LogP contribution is 2.79. The van der Waals surface area contributed by atoms with E-state index in [9.17, 15) is 24.0 Å². The van der Waals surface area contributed by atoms with Crippen LogP contribution in [0.1, 0.15) is 74.7 Å². The molecule has 3 fully saturated rings. The molecule has 4 aliphatic carbocycles. The van der Waals surface area contributed by atoms with Gasteiger partial charge in [-0.25, -0.2) is 0 Å². The summed E-state index contributed by atoms with van der Waals surface area (Å²) >= 11 is 0. The van der Waals surface area contributed by atoms with Gasteiger partial charge >= 0.3 is 23.9 Å². The minimum Gasteiger partial charge on any atom is -0.468 e. The lowest BCUT2D eigenvalue weighted by atomic mass is 9.33. The van der Waals surface area contributed by atoms with E-state index in [-0.39, 0.29) is 41.4 Å². The lowest BCUT2D eigenvalue weighted by molar-refractivity contribution is -0.218. The number of methoxy groups -OCH3 is 1. The molecule has 5 aliphatic rings. The lowest BCUT2D eigenvalue weighted by Gasteiger charge is -2.66. The standard InChI is InChI=1S/C30H38O9/c1-14-12-19-27(7,30(25(35)36-9)23(38-17(4)32)15(2)22(33)28(14,30)8)13-18-21-26(5,6)20(37-16(3)31)10-11-29(19,21)24(34)39-18/h12,18-21H,10-11,13H2,1-9H3/t18-,19+,20-,21+,27-,28-,29+,30+/m0/s1. The van der Waals surface area contributed by atoms with Crippen molar-refractivity contribution in [3.63, 3.8) is 0 Å². The topological polar surface area (TPSA) is 122 Å². The third-order valence-corrected chi connectivity index (χ3v) is 11.2. The van der Waals surface area contributed by atoms with E-state index < -0.39 is 57.1 Å². The van der Waals surface area contributed by atoms with Gasteiger partial charge in [0.2, 0.25) is 0 Å². The summed E-state index contributed by atoms with van der Waals surface area (Å²) in [6, 6.07) is 0. The Morgan fingerprint density at radius 2 is 1.67 bits per heavy atom. The number of esters is 4. The second-order valence-corrected chi connectivity index (χ2v) is 13.1. The Balaban J connectivity index is 1.82. The lowest BCUT2D eigenvalue weighted by Crippen LogP contribution is -2.71. The van der Waals surface area contributed by atoms with Crippen molar-refractivity contribution in [2.75, 3.05) is 7.11 Å². The van der Waals surface area contributed by atoms with Crippen molar-refractivity contribution >= 4 is 29.7 Å². The van der Waals surface area contributed by atoms with E-state index in [0.29, 0.717) is 18.4 Å². The highest BCUT2D eigenvalue weighted by Gasteiger charge is 2.85. The minimum absolute atomic E-state index is 0.00357. The van der Waals surface area contributed by atoms with Crippen LogP contribution in [0.4, 0.5) is 0 Å². The van der Waals surface area contributed by atoms with Crippen LogP contribution in [0.25, 0.3) is 0 Å². The molecular formula is C30H38O9. The van der Waals surface area contributed by atoms with Crippen molar-refractivity contribution in [3.05, 3.63) is 23.0 Å². The Bertz CT molecular complexity index is 1290. The molecule has 2 saturated carbocycles. The molecule has 0 aromatic heterocycles. The molecule has 1 aliphatic heterocycles. The number of hydrogen-bond acceptors (Lipinski definition) is 9. The smallest absolute Gasteiger partial charge is 0.321 e. The van der Waals surface area contributed by atoms with Crippen molar-refractivity contribution in [2.24, 2.45) is 38.9 Å². The van der Waals surface area contributed by atoms with E-state index in [4.69, 9.17) is 18.9 Å². The normalized spacial score (nSPS) is 43.5. The number of Topliss-reactive ketones (excluding diaryl/α,β-unsaturated/α-hetero) is 1. The fraction of sp³-hybridized carbons (Fsp3) is 0.700. The van der Waals surface area contributed by atoms with E-state index in [0.717, 1.165) is 0 Å². The summed E-state index contributed by atoms with van der Waals surface area (Å²) < 4.78 is 23.1. The number of ether oxygens (including phenoxy) is 4. The third-order valence-electron chi connectivity index (χ3n) is 11.2. The summed E-state index contributed by atoms with van der Waals surface area (Å²) in [6.45, 7) is 13.6. The van der Waals surface area contributed by atoms with Crippen LogP contribution in [0.5, 0.6) is 0 Å². The van der Waals surface area contributed by atoms with Gasteiger partial charge in [0.15, 0.2) is 5.78 Å². The first kappa shape index (κ1) is 27.6. The molecule has 0 aromatic rings. The first-order valence-corrected chi connectivity index (χ1v) is 13.6. The van der Waals surface area contributed by atoms with Crippen molar-refractivity contribution in [2.45, 2.75) is 86.9 Å². The van der Waals surface area contributed by atoms with Gasteiger partial charge in [0.1, 0.15) is 23.4 Å². The molecule has 0 N–H and O–H groups in total. The number of rotatable bonds is 3.